The van der Waals surface area contributed by atoms with Gasteiger partial charge in [-0.2, -0.15) is 5.10 Å². The molecule has 1 saturated heterocycles. The molecule has 2 N–H and O–H groups in total. The van der Waals surface area contributed by atoms with Gasteiger partial charge >= 0.3 is 0 Å². The summed E-state index contributed by atoms with van der Waals surface area (Å²) in [6.07, 6.45) is 4.86. The lowest BCUT2D eigenvalue weighted by Crippen LogP contribution is -2.49. The predicted molar refractivity (Wildman–Crippen MR) is 134 cm³/mol. The quantitative estimate of drug-likeness (QED) is 0.542. The zero-order valence-electron chi connectivity index (χ0n) is 20.7. The van der Waals surface area contributed by atoms with E-state index < -0.39 is 0 Å². The van der Waals surface area contributed by atoms with Crippen molar-refractivity contribution < 1.29 is 19.1 Å². The van der Waals surface area contributed by atoms with Crippen molar-refractivity contribution in [2.45, 2.75) is 31.7 Å². The molecule has 1 aromatic carbocycles. The fourth-order valence-corrected chi connectivity index (χ4v) is 5.11. The smallest absolute Gasteiger partial charge is 0.272 e. The Morgan fingerprint density at radius 3 is 2.47 bits per heavy atom. The second kappa shape index (κ2) is 10.5. The molecule has 1 aliphatic carbocycles. The Hall–Kier alpha value is -3.66. The first-order valence-corrected chi connectivity index (χ1v) is 12.4. The topological polar surface area (TPSA) is 110 Å². The Morgan fingerprint density at radius 2 is 1.75 bits per heavy atom. The Kier molecular flexibility index (Phi) is 7.04. The number of hydrogen-bond acceptors (Lipinski definition) is 7. The average molecular weight is 493 g/mol. The highest BCUT2D eigenvalue weighted by molar-refractivity contribution is 5.93. The molecule has 190 valence electrons. The monoisotopic (exact) mass is 492 g/mol. The number of benzene rings is 1. The lowest BCUT2D eigenvalue weighted by Gasteiger charge is -2.34. The molecule has 2 aliphatic rings. The summed E-state index contributed by atoms with van der Waals surface area (Å²) in [7, 11) is 3.19. The number of carbonyl (C=O) groups is 2. The Bertz CT molecular complexity index is 1240. The highest BCUT2D eigenvalue weighted by Crippen LogP contribution is 2.32. The summed E-state index contributed by atoms with van der Waals surface area (Å²) in [6, 6.07) is 9.19. The third-order valence-corrected chi connectivity index (χ3v) is 7.11. The third kappa shape index (κ3) is 4.86. The van der Waals surface area contributed by atoms with Crippen molar-refractivity contribution in [1.29, 1.82) is 0 Å². The molecule has 36 heavy (non-hydrogen) atoms. The molecule has 10 nitrogen and oxygen atoms in total. The van der Waals surface area contributed by atoms with E-state index in [0.29, 0.717) is 22.8 Å². The molecule has 0 radical (unpaired) electrons. The first-order chi connectivity index (χ1) is 17.6. The van der Waals surface area contributed by atoms with Gasteiger partial charge in [-0.3, -0.25) is 9.59 Å². The van der Waals surface area contributed by atoms with Crippen LogP contribution in [0.5, 0.6) is 11.5 Å². The number of aromatic nitrogens is 3. The second-order valence-electron chi connectivity index (χ2n) is 9.30. The molecule has 0 atom stereocenters. The molecule has 0 unspecified atom stereocenters. The van der Waals surface area contributed by atoms with Crippen LogP contribution < -0.4 is 20.1 Å². The van der Waals surface area contributed by atoms with Gasteiger partial charge in [0.05, 0.1) is 19.9 Å². The van der Waals surface area contributed by atoms with Crippen LogP contribution in [0.3, 0.4) is 0 Å². The maximum atomic E-state index is 13.0. The van der Waals surface area contributed by atoms with Crippen LogP contribution in [0.25, 0.3) is 16.9 Å². The summed E-state index contributed by atoms with van der Waals surface area (Å²) in [6.45, 7) is 3.28. The number of carbonyl (C=O) groups excluding carboxylic acids is 2. The molecule has 3 heterocycles. The van der Waals surface area contributed by atoms with Crippen molar-refractivity contribution in [3.63, 3.8) is 0 Å². The number of ether oxygens (including phenoxy) is 2. The molecule has 0 bridgehead atoms. The summed E-state index contributed by atoms with van der Waals surface area (Å²) in [5.41, 5.74) is 2.54. The largest absolute Gasteiger partial charge is 0.493 e. The van der Waals surface area contributed by atoms with Gasteiger partial charge in [-0.25, -0.2) is 9.50 Å². The second-order valence-corrected chi connectivity index (χ2v) is 9.30. The highest BCUT2D eigenvalue weighted by Gasteiger charge is 2.31. The lowest BCUT2D eigenvalue weighted by molar-refractivity contribution is -0.137. The Labute approximate surface area is 210 Å². The predicted octanol–water partition coefficient (Wildman–Crippen LogP) is 2.13. The maximum absolute atomic E-state index is 13.0. The van der Waals surface area contributed by atoms with Crippen LogP contribution in [0.15, 0.2) is 36.5 Å². The van der Waals surface area contributed by atoms with Crippen molar-refractivity contribution in [2.75, 3.05) is 40.4 Å². The number of nitrogens with zero attached hydrogens (tertiary/aromatic N) is 4. The van der Waals surface area contributed by atoms with Crippen molar-refractivity contribution in [3.8, 4) is 22.8 Å². The van der Waals surface area contributed by atoms with Gasteiger partial charge in [0.1, 0.15) is 0 Å². The minimum Gasteiger partial charge on any atom is -0.493 e. The van der Waals surface area contributed by atoms with Gasteiger partial charge in [-0.15, -0.1) is 0 Å². The molecule has 1 aliphatic heterocycles. The molecule has 2 amide bonds. The summed E-state index contributed by atoms with van der Waals surface area (Å²) in [5, 5.41) is 11.0. The number of amides is 2. The summed E-state index contributed by atoms with van der Waals surface area (Å²) in [5.74, 6) is 1.33. The zero-order chi connectivity index (χ0) is 25.1. The molecule has 10 heteroatoms. The normalized spacial score (nSPS) is 20.2. The van der Waals surface area contributed by atoms with Gasteiger partial charge in [-0.1, -0.05) is 0 Å². The van der Waals surface area contributed by atoms with E-state index in [-0.39, 0.29) is 23.8 Å². The molecule has 0 spiro atoms. The molecule has 2 fully saturated rings. The van der Waals surface area contributed by atoms with Gasteiger partial charge in [0.2, 0.25) is 5.91 Å². The van der Waals surface area contributed by atoms with Gasteiger partial charge in [-0.05, 0) is 49.9 Å². The minimum atomic E-state index is -0.226. The van der Waals surface area contributed by atoms with Crippen LogP contribution >= 0.6 is 0 Å². The Morgan fingerprint density at radius 1 is 1.00 bits per heavy atom. The van der Waals surface area contributed by atoms with Crippen LogP contribution in [0.2, 0.25) is 0 Å². The molecule has 3 aromatic rings. The molecule has 2 aromatic heterocycles. The standard InChI is InChI=1S/C26H32N6O4/c1-35-22-8-5-18(15-23(22)36-2)21-9-10-28-24-16-20(30-32(21)24)25(33)29-19-6-3-17(4-7-19)26(34)31-13-11-27-12-14-31/h5,8-10,15-17,19,27H,3-4,6-7,11-14H2,1-2H3,(H,29,33)/t17-,19-. The highest BCUT2D eigenvalue weighted by atomic mass is 16.5. The Balaban J connectivity index is 1.26. The summed E-state index contributed by atoms with van der Waals surface area (Å²) < 4.78 is 12.4. The SMILES string of the molecule is COc1ccc(-c2ccnc3cc(C(=O)N[C@H]4CC[C@H](C(=O)N5CCNCC5)CC4)nn23)cc1OC. The van der Waals surface area contributed by atoms with E-state index in [1.165, 1.54) is 0 Å². The number of fused-ring (bicyclic) bond motifs is 1. The van der Waals surface area contributed by atoms with E-state index in [2.05, 4.69) is 20.7 Å². The van der Waals surface area contributed by atoms with E-state index in [1.54, 1.807) is 31.0 Å². The van der Waals surface area contributed by atoms with E-state index in [4.69, 9.17) is 9.47 Å². The fraction of sp³-hybridized carbons (Fsp3) is 0.462. The number of rotatable bonds is 6. The van der Waals surface area contributed by atoms with Crippen molar-refractivity contribution in [1.82, 2.24) is 30.1 Å². The van der Waals surface area contributed by atoms with Crippen LogP contribution in [0, 0.1) is 5.92 Å². The van der Waals surface area contributed by atoms with Gasteiger partial charge in [0.15, 0.2) is 22.8 Å². The molecule has 1 saturated carbocycles. The first kappa shape index (κ1) is 24.1. The van der Waals surface area contributed by atoms with Crippen LogP contribution in [0.4, 0.5) is 0 Å². The fourth-order valence-electron chi connectivity index (χ4n) is 5.11. The molecular weight excluding hydrogens is 460 g/mol. The van der Waals surface area contributed by atoms with E-state index >= 15 is 0 Å². The van der Waals surface area contributed by atoms with E-state index in [0.717, 1.165) is 63.1 Å². The minimum absolute atomic E-state index is 0.0349. The first-order valence-electron chi connectivity index (χ1n) is 12.4. The lowest BCUT2D eigenvalue weighted by atomic mass is 9.85. The summed E-state index contributed by atoms with van der Waals surface area (Å²) in [4.78, 5) is 32.2. The van der Waals surface area contributed by atoms with Crippen molar-refractivity contribution in [3.05, 3.63) is 42.2 Å². The average Bonchev–Trinajstić information content (AvgIpc) is 3.38. The third-order valence-electron chi connectivity index (χ3n) is 7.11. The van der Waals surface area contributed by atoms with Gasteiger partial charge < -0.3 is 25.0 Å². The zero-order valence-corrected chi connectivity index (χ0v) is 20.7. The van der Waals surface area contributed by atoms with Crippen LogP contribution in [-0.4, -0.2) is 77.8 Å². The number of hydrogen-bond donors (Lipinski definition) is 2. The summed E-state index contributed by atoms with van der Waals surface area (Å²) >= 11 is 0. The molecule has 5 rings (SSSR count). The van der Waals surface area contributed by atoms with Gasteiger partial charge in [0.25, 0.3) is 5.91 Å². The van der Waals surface area contributed by atoms with E-state index in [9.17, 15) is 9.59 Å². The van der Waals surface area contributed by atoms with Crippen molar-refractivity contribution >= 4 is 17.5 Å². The van der Waals surface area contributed by atoms with E-state index in [1.807, 2.05) is 29.2 Å². The number of piperazine rings is 1. The van der Waals surface area contributed by atoms with Crippen LogP contribution in [0.1, 0.15) is 36.2 Å². The number of nitrogens with one attached hydrogen (secondary N) is 2. The number of methoxy groups -OCH3 is 2. The van der Waals surface area contributed by atoms with Crippen LogP contribution in [-0.2, 0) is 4.79 Å². The van der Waals surface area contributed by atoms with Gasteiger partial charge in [0, 0.05) is 56.0 Å². The maximum Gasteiger partial charge on any atom is 0.272 e. The molecular formula is C26H32N6O4. The van der Waals surface area contributed by atoms with Crippen molar-refractivity contribution in [2.24, 2.45) is 5.92 Å².